The molecule has 2 unspecified atom stereocenters. The van der Waals surface area contributed by atoms with Crippen LogP contribution in [-0.2, 0) is 16.0 Å². The molecule has 0 radical (unpaired) electrons. The van der Waals surface area contributed by atoms with Crippen molar-refractivity contribution in [3.8, 4) is 0 Å². The third-order valence-corrected chi connectivity index (χ3v) is 5.43. The highest BCUT2D eigenvalue weighted by Gasteiger charge is 2.35. The van der Waals surface area contributed by atoms with E-state index in [0.29, 0.717) is 13.1 Å². The number of nitrogens with zero attached hydrogens (tertiary/aromatic N) is 2. The second kappa shape index (κ2) is 9.02. The van der Waals surface area contributed by atoms with Gasteiger partial charge in [0.25, 0.3) is 0 Å². The van der Waals surface area contributed by atoms with Crippen molar-refractivity contribution in [1.82, 2.24) is 10.2 Å². The number of amides is 2. The van der Waals surface area contributed by atoms with Crippen molar-refractivity contribution in [3.63, 3.8) is 0 Å². The topological polar surface area (TPSA) is 52.7 Å². The quantitative estimate of drug-likeness (QED) is 0.805. The third-order valence-electron chi connectivity index (χ3n) is 5.43. The van der Waals surface area contributed by atoms with Gasteiger partial charge < -0.3 is 15.1 Å². The van der Waals surface area contributed by atoms with Crippen LogP contribution >= 0.6 is 0 Å². The van der Waals surface area contributed by atoms with Crippen molar-refractivity contribution in [2.45, 2.75) is 25.8 Å². The van der Waals surface area contributed by atoms with E-state index in [0.717, 1.165) is 17.7 Å². The molecule has 5 nitrogen and oxygen atoms in total. The predicted molar refractivity (Wildman–Crippen MR) is 112 cm³/mol. The highest BCUT2D eigenvalue weighted by Crippen LogP contribution is 2.26. The van der Waals surface area contributed by atoms with Crippen molar-refractivity contribution in [2.24, 2.45) is 5.92 Å². The number of likely N-dealkylation sites (N-methyl/N-ethyl adjacent to an activating group) is 1. The molecule has 2 aromatic rings. The molecule has 148 valence electrons. The molecule has 1 heterocycles. The maximum atomic E-state index is 12.7. The average Bonchev–Trinajstić information content (AvgIpc) is 3.10. The Balaban J connectivity index is 1.61. The summed E-state index contributed by atoms with van der Waals surface area (Å²) in [7, 11) is 4.01. The number of hydrogen-bond donors (Lipinski definition) is 1. The number of carbonyl (C=O) groups excluding carboxylic acids is 2. The van der Waals surface area contributed by atoms with E-state index in [1.165, 1.54) is 5.56 Å². The van der Waals surface area contributed by atoms with Gasteiger partial charge in [-0.25, -0.2) is 0 Å². The Hall–Kier alpha value is -2.66. The first-order chi connectivity index (χ1) is 13.5. The highest BCUT2D eigenvalue weighted by molar-refractivity contribution is 6.00. The Kier molecular flexibility index (Phi) is 6.47. The molecule has 1 N–H and O–H groups in total. The summed E-state index contributed by atoms with van der Waals surface area (Å²) in [6.07, 6.45) is 1.23. The van der Waals surface area contributed by atoms with E-state index >= 15 is 0 Å². The molecule has 1 saturated heterocycles. The Bertz CT molecular complexity index is 802. The second-order valence-corrected chi connectivity index (χ2v) is 7.56. The molecule has 2 atom stereocenters. The van der Waals surface area contributed by atoms with Gasteiger partial charge in [0.2, 0.25) is 11.8 Å². The molecule has 2 aromatic carbocycles. The SMILES string of the molecule is CCc1ccc(N2CC(C(=O)NCC(c3ccccc3)N(C)C)CC2=O)cc1. The minimum Gasteiger partial charge on any atom is -0.354 e. The average molecular weight is 380 g/mol. The summed E-state index contributed by atoms with van der Waals surface area (Å²) >= 11 is 0. The number of benzene rings is 2. The maximum Gasteiger partial charge on any atom is 0.227 e. The van der Waals surface area contributed by atoms with Gasteiger partial charge in [-0.15, -0.1) is 0 Å². The van der Waals surface area contributed by atoms with Gasteiger partial charge in [0.05, 0.1) is 12.0 Å². The van der Waals surface area contributed by atoms with Crippen molar-refractivity contribution >= 4 is 17.5 Å². The smallest absolute Gasteiger partial charge is 0.227 e. The van der Waals surface area contributed by atoms with Gasteiger partial charge in [-0.2, -0.15) is 0 Å². The lowest BCUT2D eigenvalue weighted by Crippen LogP contribution is -2.38. The lowest BCUT2D eigenvalue weighted by molar-refractivity contribution is -0.126. The summed E-state index contributed by atoms with van der Waals surface area (Å²) < 4.78 is 0. The van der Waals surface area contributed by atoms with Crippen LogP contribution in [0.25, 0.3) is 0 Å². The first-order valence-electron chi connectivity index (χ1n) is 9.88. The zero-order valence-electron chi connectivity index (χ0n) is 16.9. The molecular formula is C23H29N3O2. The molecule has 28 heavy (non-hydrogen) atoms. The van der Waals surface area contributed by atoms with E-state index in [4.69, 9.17) is 0 Å². The van der Waals surface area contributed by atoms with Crippen LogP contribution in [0.2, 0.25) is 0 Å². The first-order valence-corrected chi connectivity index (χ1v) is 9.88. The summed E-state index contributed by atoms with van der Waals surface area (Å²) in [4.78, 5) is 29.0. The minimum absolute atomic E-state index is 0.0108. The fraction of sp³-hybridized carbons (Fsp3) is 0.391. The summed E-state index contributed by atoms with van der Waals surface area (Å²) in [6.45, 7) is 3.06. The molecule has 0 aliphatic carbocycles. The largest absolute Gasteiger partial charge is 0.354 e. The van der Waals surface area contributed by atoms with Gasteiger partial charge in [-0.1, -0.05) is 49.4 Å². The van der Waals surface area contributed by atoms with Crippen molar-refractivity contribution < 1.29 is 9.59 Å². The van der Waals surface area contributed by atoms with Crippen LogP contribution in [-0.4, -0.2) is 43.9 Å². The van der Waals surface area contributed by atoms with E-state index in [9.17, 15) is 9.59 Å². The van der Waals surface area contributed by atoms with Crippen LogP contribution in [0.15, 0.2) is 54.6 Å². The second-order valence-electron chi connectivity index (χ2n) is 7.56. The third kappa shape index (κ3) is 4.60. The van der Waals surface area contributed by atoms with Crippen LogP contribution in [0.4, 0.5) is 5.69 Å². The standard InChI is InChI=1S/C23H29N3O2/c1-4-17-10-12-20(13-11-17)26-16-19(14-22(26)27)23(28)24-15-21(25(2)3)18-8-6-5-7-9-18/h5-13,19,21H,4,14-16H2,1-3H3,(H,24,28). The number of hydrogen-bond acceptors (Lipinski definition) is 3. The van der Waals surface area contributed by atoms with E-state index < -0.39 is 0 Å². The fourth-order valence-corrected chi connectivity index (χ4v) is 3.66. The minimum atomic E-state index is -0.308. The van der Waals surface area contributed by atoms with Crippen LogP contribution in [0, 0.1) is 5.92 Å². The van der Waals surface area contributed by atoms with Gasteiger partial charge in [-0.3, -0.25) is 9.59 Å². The molecule has 0 spiro atoms. The molecular weight excluding hydrogens is 350 g/mol. The van der Waals surface area contributed by atoms with Crippen LogP contribution < -0.4 is 10.2 Å². The van der Waals surface area contributed by atoms with Crippen LogP contribution in [0.5, 0.6) is 0 Å². The number of aryl methyl sites for hydroxylation is 1. The summed E-state index contributed by atoms with van der Waals surface area (Å²) in [6, 6.07) is 18.2. The number of nitrogens with one attached hydrogen (secondary N) is 1. The predicted octanol–water partition coefficient (Wildman–Crippen LogP) is 3.02. The molecule has 1 aliphatic rings. The van der Waals surface area contributed by atoms with E-state index in [1.807, 2.05) is 56.6 Å². The van der Waals surface area contributed by atoms with E-state index in [2.05, 4.69) is 29.3 Å². The normalized spacial score (nSPS) is 17.8. The first kappa shape index (κ1) is 20.1. The van der Waals surface area contributed by atoms with Gasteiger partial charge in [0, 0.05) is 25.2 Å². The molecule has 0 saturated carbocycles. The van der Waals surface area contributed by atoms with E-state index in [-0.39, 0.29) is 30.2 Å². The zero-order chi connectivity index (χ0) is 20.1. The Morgan fingerprint density at radius 3 is 2.43 bits per heavy atom. The molecule has 2 amide bonds. The Morgan fingerprint density at radius 1 is 1.14 bits per heavy atom. The Labute approximate surface area is 167 Å². The van der Waals surface area contributed by atoms with Crippen LogP contribution in [0.1, 0.15) is 30.5 Å². The van der Waals surface area contributed by atoms with E-state index in [1.54, 1.807) is 4.90 Å². The fourth-order valence-electron chi connectivity index (χ4n) is 3.66. The van der Waals surface area contributed by atoms with Gasteiger partial charge in [-0.05, 0) is 43.8 Å². The molecule has 0 aromatic heterocycles. The Morgan fingerprint density at radius 2 is 1.82 bits per heavy atom. The number of anilines is 1. The van der Waals surface area contributed by atoms with Gasteiger partial charge in [0.15, 0.2) is 0 Å². The summed E-state index contributed by atoms with van der Waals surface area (Å²) in [5, 5.41) is 3.06. The summed E-state index contributed by atoms with van der Waals surface area (Å²) in [5.41, 5.74) is 3.27. The zero-order valence-corrected chi connectivity index (χ0v) is 16.9. The van der Waals surface area contributed by atoms with Crippen LogP contribution in [0.3, 0.4) is 0 Å². The number of carbonyl (C=O) groups is 2. The van der Waals surface area contributed by atoms with Crippen molar-refractivity contribution in [1.29, 1.82) is 0 Å². The monoisotopic (exact) mass is 379 g/mol. The summed E-state index contributed by atoms with van der Waals surface area (Å²) in [5.74, 6) is -0.350. The van der Waals surface area contributed by atoms with Gasteiger partial charge in [0.1, 0.15) is 0 Å². The molecule has 1 fully saturated rings. The molecule has 1 aliphatic heterocycles. The van der Waals surface area contributed by atoms with Crippen molar-refractivity contribution in [2.75, 3.05) is 32.1 Å². The lowest BCUT2D eigenvalue weighted by Gasteiger charge is -2.25. The molecule has 3 rings (SSSR count). The highest BCUT2D eigenvalue weighted by atomic mass is 16.2. The van der Waals surface area contributed by atoms with Gasteiger partial charge >= 0.3 is 0 Å². The molecule has 0 bridgehead atoms. The number of rotatable bonds is 7. The molecule has 5 heteroatoms. The van der Waals surface area contributed by atoms with Crippen molar-refractivity contribution in [3.05, 3.63) is 65.7 Å². The maximum absolute atomic E-state index is 12.7. The lowest BCUT2D eigenvalue weighted by atomic mass is 10.0.